The molecule has 0 aliphatic carbocycles. The number of urea groups is 1. The molecule has 10 heteroatoms. The third kappa shape index (κ3) is 4.86. The Labute approximate surface area is 162 Å². The van der Waals surface area contributed by atoms with E-state index >= 15 is 0 Å². The van der Waals surface area contributed by atoms with Crippen molar-refractivity contribution in [3.05, 3.63) is 60.2 Å². The van der Waals surface area contributed by atoms with Crippen molar-refractivity contribution in [1.29, 1.82) is 0 Å². The summed E-state index contributed by atoms with van der Waals surface area (Å²) in [6, 6.07) is 13.1. The monoisotopic (exact) mass is 405 g/mol. The van der Waals surface area contributed by atoms with E-state index in [1.807, 2.05) is 5.32 Å². The second kappa shape index (κ2) is 9.00. The van der Waals surface area contributed by atoms with Crippen LogP contribution in [0.25, 0.3) is 0 Å². The van der Waals surface area contributed by atoms with Crippen LogP contribution in [0, 0.1) is 0 Å². The number of ether oxygens (including phenoxy) is 1. The van der Waals surface area contributed by atoms with Gasteiger partial charge in [-0.05, 0) is 24.3 Å². The first-order valence-electron chi connectivity index (χ1n) is 8.09. The smallest absolute Gasteiger partial charge is 0.340 e. The molecular weight excluding hydrogens is 386 g/mol. The summed E-state index contributed by atoms with van der Waals surface area (Å²) in [5.74, 6) is -1.86. The predicted molar refractivity (Wildman–Crippen MR) is 101 cm³/mol. The number of anilines is 1. The van der Waals surface area contributed by atoms with E-state index in [0.717, 1.165) is 4.31 Å². The summed E-state index contributed by atoms with van der Waals surface area (Å²) in [7, 11) is -1.38. The van der Waals surface area contributed by atoms with Crippen LogP contribution >= 0.6 is 0 Å². The fourth-order valence-electron chi connectivity index (χ4n) is 2.22. The molecule has 0 saturated heterocycles. The number of amides is 3. The molecule has 0 radical (unpaired) electrons. The van der Waals surface area contributed by atoms with Gasteiger partial charge in [0.25, 0.3) is 15.9 Å². The Kier molecular flexibility index (Phi) is 6.72. The fourth-order valence-corrected chi connectivity index (χ4v) is 3.59. The minimum Gasteiger partial charge on any atom is -0.452 e. The van der Waals surface area contributed by atoms with Gasteiger partial charge >= 0.3 is 12.0 Å². The molecule has 0 aliphatic rings. The molecule has 0 spiro atoms. The molecule has 3 amide bonds. The molecule has 28 heavy (non-hydrogen) atoms. The number of hydrogen-bond donors (Lipinski definition) is 2. The van der Waals surface area contributed by atoms with Crippen LogP contribution in [-0.4, -0.2) is 47.0 Å². The van der Waals surface area contributed by atoms with Crippen molar-refractivity contribution in [3.8, 4) is 0 Å². The number of benzene rings is 2. The van der Waals surface area contributed by atoms with Gasteiger partial charge in [0.2, 0.25) is 0 Å². The van der Waals surface area contributed by atoms with Crippen LogP contribution in [0.2, 0.25) is 0 Å². The highest BCUT2D eigenvalue weighted by Gasteiger charge is 2.27. The number of nitrogens with zero attached hydrogens (tertiary/aromatic N) is 1. The van der Waals surface area contributed by atoms with Gasteiger partial charge in [0.05, 0.1) is 11.3 Å². The molecule has 0 aliphatic heterocycles. The van der Waals surface area contributed by atoms with Gasteiger partial charge in [0, 0.05) is 14.1 Å². The van der Waals surface area contributed by atoms with E-state index in [1.54, 1.807) is 30.3 Å². The number of esters is 1. The fraction of sp³-hybridized carbons (Fsp3) is 0.167. The highest BCUT2D eigenvalue weighted by Crippen LogP contribution is 2.24. The number of sulfonamides is 1. The first-order valence-corrected chi connectivity index (χ1v) is 9.53. The first kappa shape index (κ1) is 20.9. The van der Waals surface area contributed by atoms with Crippen LogP contribution in [0.1, 0.15) is 10.4 Å². The minimum atomic E-state index is -4.06. The number of nitrogens with one attached hydrogen (secondary N) is 2. The van der Waals surface area contributed by atoms with Crippen molar-refractivity contribution in [2.45, 2.75) is 4.90 Å². The molecule has 9 nitrogen and oxygen atoms in total. The zero-order valence-corrected chi connectivity index (χ0v) is 16.0. The average Bonchev–Trinajstić information content (AvgIpc) is 2.71. The molecule has 2 N–H and O–H groups in total. The number of para-hydroxylation sites is 1. The quantitative estimate of drug-likeness (QED) is 0.695. The first-order chi connectivity index (χ1) is 13.3. The molecule has 0 unspecified atom stereocenters. The van der Waals surface area contributed by atoms with Crippen molar-refractivity contribution in [2.75, 3.05) is 25.0 Å². The van der Waals surface area contributed by atoms with Gasteiger partial charge < -0.3 is 10.1 Å². The molecule has 0 fully saturated rings. The van der Waals surface area contributed by atoms with Gasteiger partial charge in [-0.25, -0.2) is 18.0 Å². The van der Waals surface area contributed by atoms with E-state index in [0.29, 0.717) is 5.69 Å². The molecule has 0 aromatic heterocycles. The van der Waals surface area contributed by atoms with E-state index in [2.05, 4.69) is 5.32 Å². The van der Waals surface area contributed by atoms with Crippen LogP contribution in [0.5, 0.6) is 0 Å². The number of carbonyl (C=O) groups excluding carboxylic acids is 3. The summed E-state index contributed by atoms with van der Waals surface area (Å²) < 4.78 is 31.8. The van der Waals surface area contributed by atoms with E-state index in [1.165, 1.54) is 38.4 Å². The van der Waals surface area contributed by atoms with Crippen LogP contribution in [-0.2, 0) is 19.6 Å². The van der Waals surface area contributed by atoms with Crippen molar-refractivity contribution >= 4 is 33.6 Å². The Balaban J connectivity index is 2.23. The van der Waals surface area contributed by atoms with Gasteiger partial charge in [-0.3, -0.25) is 14.4 Å². The normalized spacial score (nSPS) is 10.6. The molecular formula is C18H19N3O6S. The van der Waals surface area contributed by atoms with Gasteiger partial charge in [-0.1, -0.05) is 30.3 Å². The predicted octanol–water partition coefficient (Wildman–Crippen LogP) is 1.12. The van der Waals surface area contributed by atoms with Crippen molar-refractivity contribution in [1.82, 2.24) is 10.6 Å². The van der Waals surface area contributed by atoms with Crippen LogP contribution in [0.4, 0.5) is 10.5 Å². The highest BCUT2D eigenvalue weighted by atomic mass is 32.2. The molecule has 0 heterocycles. The lowest BCUT2D eigenvalue weighted by atomic mass is 10.2. The third-order valence-electron chi connectivity index (χ3n) is 3.68. The highest BCUT2D eigenvalue weighted by molar-refractivity contribution is 7.92. The van der Waals surface area contributed by atoms with E-state index in [-0.39, 0.29) is 10.5 Å². The second-order valence-electron chi connectivity index (χ2n) is 5.51. The summed E-state index contributed by atoms with van der Waals surface area (Å²) >= 11 is 0. The lowest BCUT2D eigenvalue weighted by molar-refractivity contribution is -0.123. The summed E-state index contributed by atoms with van der Waals surface area (Å²) in [5, 5.41) is 4.10. The maximum atomic E-state index is 13.0. The van der Waals surface area contributed by atoms with Gasteiger partial charge in [0.15, 0.2) is 6.61 Å². The Bertz CT molecular complexity index is 976. The summed E-state index contributed by atoms with van der Waals surface area (Å²) in [6.45, 7) is -0.741. The van der Waals surface area contributed by atoms with Gasteiger partial charge in [-0.2, -0.15) is 0 Å². The third-order valence-corrected chi connectivity index (χ3v) is 5.52. The summed E-state index contributed by atoms with van der Waals surface area (Å²) in [6.07, 6.45) is 0. The molecule has 2 aromatic rings. The van der Waals surface area contributed by atoms with Crippen molar-refractivity contribution in [2.24, 2.45) is 0 Å². The minimum absolute atomic E-state index is 0.224. The second-order valence-corrected chi connectivity index (χ2v) is 7.45. The Hall–Kier alpha value is -3.40. The van der Waals surface area contributed by atoms with E-state index < -0.39 is 34.5 Å². The van der Waals surface area contributed by atoms with E-state index in [4.69, 9.17) is 4.74 Å². The number of carbonyl (C=O) groups is 3. The Morgan fingerprint density at radius 1 is 1.00 bits per heavy atom. The number of hydrogen-bond acceptors (Lipinski definition) is 6. The van der Waals surface area contributed by atoms with Crippen LogP contribution in [0.3, 0.4) is 0 Å². The zero-order chi connectivity index (χ0) is 20.7. The maximum Gasteiger partial charge on any atom is 0.340 e. The standard InChI is InChI=1S/C18H19N3O6S/c1-19-18(24)20-16(22)12-27-17(23)14-10-6-7-11-15(14)28(25,26)21(2)13-8-4-3-5-9-13/h3-11H,12H2,1-2H3,(H2,19,20,22,24). The summed E-state index contributed by atoms with van der Waals surface area (Å²) in [5.41, 5.74) is 0.189. The molecule has 0 saturated carbocycles. The van der Waals surface area contributed by atoms with Gasteiger partial charge in [-0.15, -0.1) is 0 Å². The average molecular weight is 405 g/mol. The summed E-state index contributed by atoms with van der Waals surface area (Å²) in [4.78, 5) is 34.7. The largest absolute Gasteiger partial charge is 0.452 e. The Morgan fingerprint density at radius 2 is 1.61 bits per heavy atom. The van der Waals surface area contributed by atoms with E-state index in [9.17, 15) is 22.8 Å². The number of rotatable bonds is 6. The van der Waals surface area contributed by atoms with Crippen LogP contribution < -0.4 is 14.9 Å². The SMILES string of the molecule is CNC(=O)NC(=O)COC(=O)c1ccccc1S(=O)(=O)N(C)c1ccccc1. The molecule has 148 valence electrons. The van der Waals surface area contributed by atoms with Gasteiger partial charge in [0.1, 0.15) is 4.90 Å². The maximum absolute atomic E-state index is 13.0. The molecule has 0 bridgehead atoms. The van der Waals surface area contributed by atoms with Crippen LogP contribution in [0.15, 0.2) is 59.5 Å². The lowest BCUT2D eigenvalue weighted by Crippen LogP contribution is -2.39. The molecule has 2 rings (SSSR count). The number of imide groups is 1. The lowest BCUT2D eigenvalue weighted by Gasteiger charge is -2.20. The van der Waals surface area contributed by atoms with Crippen molar-refractivity contribution < 1.29 is 27.5 Å². The zero-order valence-electron chi connectivity index (χ0n) is 15.2. The van der Waals surface area contributed by atoms with Crippen molar-refractivity contribution in [3.63, 3.8) is 0 Å². The Morgan fingerprint density at radius 3 is 2.25 bits per heavy atom. The molecule has 0 atom stereocenters. The topological polar surface area (TPSA) is 122 Å². The molecule has 2 aromatic carbocycles.